The number of anilines is 1. The van der Waals surface area contributed by atoms with E-state index in [1.165, 1.54) is 4.88 Å². The third kappa shape index (κ3) is 2.49. The van der Waals surface area contributed by atoms with E-state index in [0.717, 1.165) is 41.4 Å². The summed E-state index contributed by atoms with van der Waals surface area (Å²) in [5.74, 6) is 1.76. The first-order valence-corrected chi connectivity index (χ1v) is 9.46. The standard InChI is InChI=1S/C18H18N6OS/c1-12-11-25-7-6-23(12)17-9-13(15-3-2-8-26-15)14-10-20-24(18(14)21-17)16-4-5-19-22-16/h2-5,8-10,12H,6-7,11H2,1H3,(H,19,22)/t12-/m1/s1. The van der Waals surface area contributed by atoms with Gasteiger partial charge < -0.3 is 9.64 Å². The molecule has 7 nitrogen and oxygen atoms in total. The fraction of sp³-hybridized carbons (Fsp3) is 0.278. The van der Waals surface area contributed by atoms with E-state index in [0.29, 0.717) is 6.61 Å². The molecule has 0 aliphatic carbocycles. The summed E-state index contributed by atoms with van der Waals surface area (Å²) in [6, 6.07) is 8.56. The maximum absolute atomic E-state index is 5.59. The Morgan fingerprint density at radius 2 is 2.31 bits per heavy atom. The SMILES string of the molecule is C[C@@H]1COCCN1c1cc(-c2cccs2)c2cnn(-c3ccn[nH]3)c2n1. The van der Waals surface area contributed by atoms with Crippen molar-refractivity contribution in [1.82, 2.24) is 25.0 Å². The van der Waals surface area contributed by atoms with Crippen LogP contribution in [0.3, 0.4) is 0 Å². The lowest BCUT2D eigenvalue weighted by Crippen LogP contribution is -2.44. The molecule has 0 aromatic carbocycles. The Bertz CT molecular complexity index is 1020. The number of hydrogen-bond acceptors (Lipinski definition) is 6. The highest BCUT2D eigenvalue weighted by molar-refractivity contribution is 7.13. The monoisotopic (exact) mass is 366 g/mol. The van der Waals surface area contributed by atoms with Gasteiger partial charge in [0.2, 0.25) is 0 Å². The summed E-state index contributed by atoms with van der Waals surface area (Å²) >= 11 is 1.73. The molecule has 1 atom stereocenters. The van der Waals surface area contributed by atoms with Crippen molar-refractivity contribution < 1.29 is 4.74 Å². The third-order valence-corrected chi connectivity index (χ3v) is 5.59. The molecule has 26 heavy (non-hydrogen) atoms. The van der Waals surface area contributed by atoms with Gasteiger partial charge in [0.15, 0.2) is 11.5 Å². The molecule has 0 bridgehead atoms. The van der Waals surface area contributed by atoms with Crippen molar-refractivity contribution in [3.8, 4) is 16.3 Å². The number of rotatable bonds is 3. The summed E-state index contributed by atoms with van der Waals surface area (Å²) in [6.45, 7) is 4.44. The Morgan fingerprint density at radius 1 is 1.35 bits per heavy atom. The van der Waals surface area contributed by atoms with Gasteiger partial charge in [-0.2, -0.15) is 14.9 Å². The van der Waals surface area contributed by atoms with Crippen LogP contribution in [-0.4, -0.2) is 50.8 Å². The Labute approximate surface area is 154 Å². The van der Waals surface area contributed by atoms with E-state index in [1.807, 2.05) is 16.9 Å². The predicted molar refractivity (Wildman–Crippen MR) is 102 cm³/mol. The van der Waals surface area contributed by atoms with Crippen LogP contribution in [0, 0.1) is 0 Å². The molecule has 0 amide bonds. The normalized spacial score (nSPS) is 17.9. The molecule has 0 spiro atoms. The Hall–Kier alpha value is -2.71. The molecule has 1 aliphatic heterocycles. The van der Waals surface area contributed by atoms with Crippen molar-refractivity contribution in [3.05, 3.63) is 42.0 Å². The molecule has 0 unspecified atom stereocenters. The van der Waals surface area contributed by atoms with Crippen molar-refractivity contribution in [3.63, 3.8) is 0 Å². The van der Waals surface area contributed by atoms with E-state index in [2.05, 4.69) is 50.7 Å². The van der Waals surface area contributed by atoms with Crippen LogP contribution in [0.5, 0.6) is 0 Å². The zero-order chi connectivity index (χ0) is 17.5. The van der Waals surface area contributed by atoms with Gasteiger partial charge in [0.05, 0.1) is 31.6 Å². The Balaban J connectivity index is 1.74. The second-order valence-corrected chi connectivity index (χ2v) is 7.31. The second-order valence-electron chi connectivity index (χ2n) is 6.36. The molecule has 4 aromatic heterocycles. The Morgan fingerprint density at radius 3 is 3.08 bits per heavy atom. The van der Waals surface area contributed by atoms with Crippen LogP contribution in [0.15, 0.2) is 42.0 Å². The van der Waals surface area contributed by atoms with E-state index in [-0.39, 0.29) is 6.04 Å². The fourth-order valence-corrected chi connectivity index (χ4v) is 4.14. The molecule has 0 saturated carbocycles. The second kappa shape index (κ2) is 6.22. The first kappa shape index (κ1) is 15.5. The number of aromatic nitrogens is 5. The van der Waals surface area contributed by atoms with Crippen LogP contribution >= 0.6 is 11.3 Å². The quantitative estimate of drug-likeness (QED) is 0.603. The molecule has 1 saturated heterocycles. The number of hydrogen-bond donors (Lipinski definition) is 1. The summed E-state index contributed by atoms with van der Waals surface area (Å²) in [6.07, 6.45) is 3.60. The van der Waals surface area contributed by atoms with Gasteiger partial charge in [0.25, 0.3) is 0 Å². The number of morpholine rings is 1. The average molecular weight is 366 g/mol. The van der Waals surface area contributed by atoms with Gasteiger partial charge in [-0.3, -0.25) is 5.10 Å². The minimum atomic E-state index is 0.286. The van der Waals surface area contributed by atoms with E-state index in [9.17, 15) is 0 Å². The highest BCUT2D eigenvalue weighted by atomic mass is 32.1. The molecule has 5 heterocycles. The van der Waals surface area contributed by atoms with Crippen LogP contribution in [0.25, 0.3) is 27.3 Å². The molecule has 1 N–H and O–H groups in total. The number of fused-ring (bicyclic) bond motifs is 1. The van der Waals surface area contributed by atoms with Gasteiger partial charge >= 0.3 is 0 Å². The molecule has 4 aromatic rings. The topological polar surface area (TPSA) is 71.9 Å². The lowest BCUT2D eigenvalue weighted by atomic mass is 10.1. The minimum Gasteiger partial charge on any atom is -0.377 e. The van der Waals surface area contributed by atoms with Crippen LogP contribution in [0.2, 0.25) is 0 Å². The van der Waals surface area contributed by atoms with Gasteiger partial charge in [-0.25, -0.2) is 4.98 Å². The summed E-state index contributed by atoms with van der Waals surface area (Å²) in [4.78, 5) is 8.49. The number of thiophene rings is 1. The number of pyridine rings is 1. The van der Waals surface area contributed by atoms with Gasteiger partial charge in [0.1, 0.15) is 5.82 Å². The van der Waals surface area contributed by atoms with Crippen molar-refractivity contribution in [2.75, 3.05) is 24.7 Å². The number of H-pyrrole nitrogens is 1. The number of nitrogens with one attached hydrogen (secondary N) is 1. The van der Waals surface area contributed by atoms with Crippen molar-refractivity contribution in [2.24, 2.45) is 0 Å². The molecule has 8 heteroatoms. The molecule has 1 fully saturated rings. The van der Waals surface area contributed by atoms with Crippen LogP contribution in [0.1, 0.15) is 6.92 Å². The van der Waals surface area contributed by atoms with Crippen LogP contribution in [0.4, 0.5) is 5.82 Å². The highest BCUT2D eigenvalue weighted by Crippen LogP contribution is 2.35. The van der Waals surface area contributed by atoms with Gasteiger partial charge in [-0.1, -0.05) is 6.07 Å². The van der Waals surface area contributed by atoms with E-state index in [1.54, 1.807) is 17.5 Å². The molecular formula is C18H18N6OS. The summed E-state index contributed by atoms with van der Waals surface area (Å²) in [5.41, 5.74) is 1.98. The lowest BCUT2D eigenvalue weighted by Gasteiger charge is -2.34. The van der Waals surface area contributed by atoms with Gasteiger partial charge in [0, 0.05) is 28.4 Å². The zero-order valence-electron chi connectivity index (χ0n) is 14.3. The highest BCUT2D eigenvalue weighted by Gasteiger charge is 2.23. The van der Waals surface area contributed by atoms with Crippen LogP contribution < -0.4 is 4.90 Å². The van der Waals surface area contributed by atoms with E-state index >= 15 is 0 Å². The summed E-state index contributed by atoms with van der Waals surface area (Å²) < 4.78 is 7.41. The van der Waals surface area contributed by atoms with Crippen molar-refractivity contribution in [2.45, 2.75) is 13.0 Å². The smallest absolute Gasteiger partial charge is 0.167 e. The molecule has 132 valence electrons. The maximum Gasteiger partial charge on any atom is 0.167 e. The first-order valence-electron chi connectivity index (χ1n) is 8.58. The lowest BCUT2D eigenvalue weighted by molar-refractivity contribution is 0.0986. The predicted octanol–water partition coefficient (Wildman–Crippen LogP) is 3.10. The minimum absolute atomic E-state index is 0.286. The van der Waals surface area contributed by atoms with Crippen molar-refractivity contribution >= 4 is 28.2 Å². The molecule has 1 aliphatic rings. The van der Waals surface area contributed by atoms with Crippen LogP contribution in [-0.2, 0) is 4.74 Å². The molecule has 0 radical (unpaired) electrons. The fourth-order valence-electron chi connectivity index (χ4n) is 3.38. The largest absolute Gasteiger partial charge is 0.377 e. The van der Waals surface area contributed by atoms with Gasteiger partial charge in [-0.05, 0) is 24.4 Å². The summed E-state index contributed by atoms with van der Waals surface area (Å²) in [5, 5.41) is 14.7. The number of aromatic amines is 1. The number of nitrogens with zero attached hydrogens (tertiary/aromatic N) is 5. The van der Waals surface area contributed by atoms with Crippen molar-refractivity contribution in [1.29, 1.82) is 0 Å². The molecular weight excluding hydrogens is 348 g/mol. The van der Waals surface area contributed by atoms with Gasteiger partial charge in [-0.15, -0.1) is 11.3 Å². The third-order valence-electron chi connectivity index (χ3n) is 4.69. The summed E-state index contributed by atoms with van der Waals surface area (Å²) in [7, 11) is 0. The molecule has 5 rings (SSSR count). The number of ether oxygens (including phenoxy) is 1. The zero-order valence-corrected chi connectivity index (χ0v) is 15.1. The Kier molecular flexibility index (Phi) is 3.72. The maximum atomic E-state index is 5.59. The first-order chi connectivity index (χ1) is 12.8. The average Bonchev–Trinajstić information content (AvgIpc) is 3.41. The van der Waals surface area contributed by atoms with E-state index in [4.69, 9.17) is 9.72 Å². The van der Waals surface area contributed by atoms with E-state index < -0.39 is 0 Å².